The molecule has 4 rings (SSSR count). The molecule has 146 valence electrons. The molecule has 0 radical (unpaired) electrons. The summed E-state index contributed by atoms with van der Waals surface area (Å²) < 4.78 is 19.9. The molecule has 0 bridgehead atoms. The monoisotopic (exact) mass is 388 g/mol. The van der Waals surface area contributed by atoms with Gasteiger partial charge in [-0.05, 0) is 41.5 Å². The van der Waals surface area contributed by atoms with Crippen molar-refractivity contribution in [1.82, 2.24) is 15.2 Å². The highest BCUT2D eigenvalue weighted by atomic mass is 19.1. The first-order chi connectivity index (χ1) is 14.1. The molecule has 0 aliphatic heterocycles. The Labute approximate surface area is 168 Å². The normalized spacial score (nSPS) is 11.8. The standard InChI is InChI=1S/C23H21FN4O/c1-15(17-8-13-20(21(24)14-17)16-6-4-3-5-7-16)22-26-23(28-27-22)25-18-9-11-19(29-2)12-10-18/h3-15H,1-2H3,(H2,25,26,27,28). The molecule has 0 aliphatic rings. The van der Waals surface area contributed by atoms with Crippen LogP contribution in [0.1, 0.15) is 24.2 Å². The molecule has 0 saturated heterocycles. The van der Waals surface area contributed by atoms with Crippen LogP contribution in [-0.2, 0) is 0 Å². The fourth-order valence-corrected chi connectivity index (χ4v) is 3.14. The minimum absolute atomic E-state index is 0.131. The average Bonchev–Trinajstić information content (AvgIpc) is 3.23. The van der Waals surface area contributed by atoms with Crippen LogP contribution in [0, 0.1) is 5.82 Å². The SMILES string of the molecule is COc1ccc(Nc2n[nH]c(C(C)c3ccc(-c4ccccc4)c(F)c3)n2)cc1. The van der Waals surface area contributed by atoms with E-state index in [1.165, 1.54) is 0 Å². The van der Waals surface area contributed by atoms with E-state index >= 15 is 0 Å². The van der Waals surface area contributed by atoms with E-state index in [4.69, 9.17) is 4.74 Å². The first-order valence-electron chi connectivity index (χ1n) is 9.32. The van der Waals surface area contributed by atoms with Gasteiger partial charge in [0.1, 0.15) is 17.4 Å². The molecular weight excluding hydrogens is 367 g/mol. The molecule has 5 nitrogen and oxygen atoms in total. The maximum atomic E-state index is 14.7. The van der Waals surface area contributed by atoms with Gasteiger partial charge in [0.2, 0.25) is 5.95 Å². The van der Waals surface area contributed by atoms with Gasteiger partial charge in [-0.25, -0.2) is 4.39 Å². The number of hydrogen-bond donors (Lipinski definition) is 2. The van der Waals surface area contributed by atoms with Crippen molar-refractivity contribution in [3.05, 3.63) is 90.0 Å². The largest absolute Gasteiger partial charge is 0.497 e. The van der Waals surface area contributed by atoms with Gasteiger partial charge >= 0.3 is 0 Å². The lowest BCUT2D eigenvalue weighted by atomic mass is 9.96. The molecule has 0 aliphatic carbocycles. The number of anilines is 2. The van der Waals surface area contributed by atoms with E-state index < -0.39 is 0 Å². The lowest BCUT2D eigenvalue weighted by Crippen LogP contribution is -2.00. The van der Waals surface area contributed by atoms with E-state index in [1.807, 2.05) is 73.7 Å². The number of rotatable bonds is 6. The molecule has 1 atom stereocenters. The fraction of sp³-hybridized carbons (Fsp3) is 0.130. The van der Waals surface area contributed by atoms with Crippen LogP contribution < -0.4 is 10.1 Å². The molecule has 1 heterocycles. The average molecular weight is 388 g/mol. The molecule has 4 aromatic rings. The molecule has 29 heavy (non-hydrogen) atoms. The Bertz CT molecular complexity index is 1090. The van der Waals surface area contributed by atoms with Crippen LogP contribution in [0.3, 0.4) is 0 Å². The second-order valence-electron chi connectivity index (χ2n) is 6.72. The second-order valence-corrected chi connectivity index (χ2v) is 6.72. The maximum Gasteiger partial charge on any atom is 0.246 e. The summed E-state index contributed by atoms with van der Waals surface area (Å²) in [5, 5.41) is 10.3. The number of hydrogen-bond acceptors (Lipinski definition) is 4. The number of nitrogens with zero attached hydrogens (tertiary/aromatic N) is 2. The highest BCUT2D eigenvalue weighted by Crippen LogP contribution is 2.28. The molecular formula is C23H21FN4O. The lowest BCUT2D eigenvalue weighted by molar-refractivity contribution is 0.415. The highest BCUT2D eigenvalue weighted by molar-refractivity contribution is 5.64. The number of ether oxygens (including phenoxy) is 1. The van der Waals surface area contributed by atoms with E-state index in [9.17, 15) is 4.39 Å². The minimum atomic E-state index is -0.253. The van der Waals surface area contributed by atoms with Crippen molar-refractivity contribution in [1.29, 1.82) is 0 Å². The third kappa shape index (κ3) is 4.11. The van der Waals surface area contributed by atoms with Crippen molar-refractivity contribution < 1.29 is 9.13 Å². The van der Waals surface area contributed by atoms with E-state index in [0.717, 1.165) is 22.6 Å². The van der Waals surface area contributed by atoms with Crippen LogP contribution in [0.5, 0.6) is 5.75 Å². The summed E-state index contributed by atoms with van der Waals surface area (Å²) in [7, 11) is 1.63. The third-order valence-corrected chi connectivity index (χ3v) is 4.84. The van der Waals surface area contributed by atoms with E-state index in [1.54, 1.807) is 13.2 Å². The van der Waals surface area contributed by atoms with Gasteiger partial charge in [-0.1, -0.05) is 49.4 Å². The highest BCUT2D eigenvalue weighted by Gasteiger charge is 2.16. The smallest absolute Gasteiger partial charge is 0.246 e. The zero-order valence-electron chi connectivity index (χ0n) is 16.2. The van der Waals surface area contributed by atoms with E-state index in [-0.39, 0.29) is 11.7 Å². The molecule has 0 amide bonds. The van der Waals surface area contributed by atoms with Crippen LogP contribution >= 0.6 is 0 Å². The van der Waals surface area contributed by atoms with Gasteiger partial charge in [-0.3, -0.25) is 5.10 Å². The summed E-state index contributed by atoms with van der Waals surface area (Å²) in [6, 6.07) is 22.3. The van der Waals surface area contributed by atoms with Crippen molar-refractivity contribution >= 4 is 11.6 Å². The van der Waals surface area contributed by atoms with Crippen LogP contribution in [-0.4, -0.2) is 22.3 Å². The van der Waals surface area contributed by atoms with Gasteiger partial charge in [0.25, 0.3) is 0 Å². The summed E-state index contributed by atoms with van der Waals surface area (Å²) >= 11 is 0. The number of halogens is 1. The predicted octanol–water partition coefficient (Wildman–Crippen LogP) is 5.51. The summed E-state index contributed by atoms with van der Waals surface area (Å²) in [5.74, 6) is 1.51. The Kier molecular flexibility index (Phi) is 5.24. The van der Waals surface area contributed by atoms with Crippen molar-refractivity contribution in [2.24, 2.45) is 0 Å². The summed E-state index contributed by atoms with van der Waals surface area (Å²) in [4.78, 5) is 4.50. The van der Waals surface area contributed by atoms with Crippen molar-refractivity contribution in [3.63, 3.8) is 0 Å². The van der Waals surface area contributed by atoms with Gasteiger partial charge in [-0.15, -0.1) is 5.10 Å². The van der Waals surface area contributed by atoms with Crippen molar-refractivity contribution in [2.45, 2.75) is 12.8 Å². The molecule has 3 aromatic carbocycles. The van der Waals surface area contributed by atoms with Crippen LogP contribution in [0.4, 0.5) is 16.0 Å². The zero-order chi connectivity index (χ0) is 20.2. The van der Waals surface area contributed by atoms with Gasteiger partial charge in [0.15, 0.2) is 0 Å². The lowest BCUT2D eigenvalue weighted by Gasteiger charge is -2.11. The Hall–Kier alpha value is -3.67. The van der Waals surface area contributed by atoms with Crippen LogP contribution in [0.25, 0.3) is 11.1 Å². The van der Waals surface area contributed by atoms with Crippen molar-refractivity contribution in [2.75, 3.05) is 12.4 Å². The summed E-state index contributed by atoms with van der Waals surface area (Å²) in [6.07, 6.45) is 0. The second kappa shape index (κ2) is 8.14. The molecule has 0 fully saturated rings. The maximum absolute atomic E-state index is 14.7. The summed E-state index contributed by atoms with van der Waals surface area (Å²) in [5.41, 5.74) is 3.12. The molecule has 1 aromatic heterocycles. The Morgan fingerprint density at radius 1 is 1.00 bits per heavy atom. The number of nitrogens with one attached hydrogen (secondary N) is 2. The van der Waals surface area contributed by atoms with Crippen LogP contribution in [0.2, 0.25) is 0 Å². The van der Waals surface area contributed by atoms with Crippen LogP contribution in [0.15, 0.2) is 72.8 Å². The van der Waals surface area contributed by atoms with Crippen molar-refractivity contribution in [3.8, 4) is 16.9 Å². The molecule has 1 unspecified atom stereocenters. The minimum Gasteiger partial charge on any atom is -0.497 e. The number of methoxy groups -OCH3 is 1. The first kappa shape index (κ1) is 18.7. The molecule has 2 N–H and O–H groups in total. The Morgan fingerprint density at radius 3 is 2.45 bits per heavy atom. The Balaban J connectivity index is 1.51. The van der Waals surface area contributed by atoms with Gasteiger partial charge in [-0.2, -0.15) is 4.98 Å². The predicted molar refractivity (Wildman–Crippen MR) is 112 cm³/mol. The number of aromatic nitrogens is 3. The quantitative estimate of drug-likeness (QED) is 0.457. The number of benzene rings is 3. The molecule has 6 heteroatoms. The van der Waals surface area contributed by atoms with E-state index in [2.05, 4.69) is 20.5 Å². The topological polar surface area (TPSA) is 62.8 Å². The van der Waals surface area contributed by atoms with Gasteiger partial charge in [0, 0.05) is 17.2 Å². The Morgan fingerprint density at radius 2 is 1.76 bits per heavy atom. The van der Waals surface area contributed by atoms with E-state index in [0.29, 0.717) is 17.3 Å². The third-order valence-electron chi connectivity index (χ3n) is 4.84. The number of H-pyrrole nitrogens is 1. The fourth-order valence-electron chi connectivity index (χ4n) is 3.14. The zero-order valence-corrected chi connectivity index (χ0v) is 16.2. The molecule has 0 spiro atoms. The van der Waals surface area contributed by atoms with Gasteiger partial charge < -0.3 is 10.1 Å². The summed E-state index contributed by atoms with van der Waals surface area (Å²) in [6.45, 7) is 1.97. The number of aromatic amines is 1. The molecule has 0 saturated carbocycles. The first-order valence-corrected chi connectivity index (χ1v) is 9.32. The van der Waals surface area contributed by atoms with Gasteiger partial charge in [0.05, 0.1) is 7.11 Å².